The van der Waals surface area contributed by atoms with Crippen molar-refractivity contribution in [1.29, 1.82) is 0 Å². The van der Waals surface area contributed by atoms with Crippen LogP contribution in [0.25, 0.3) is 0 Å². The fourth-order valence-electron chi connectivity index (χ4n) is 7.44. The van der Waals surface area contributed by atoms with Crippen molar-refractivity contribution in [2.24, 2.45) is 11.3 Å². The Morgan fingerprint density at radius 3 is 2.38 bits per heavy atom. The first kappa shape index (κ1) is 29.7. The molecule has 8 heteroatoms. The quantitative estimate of drug-likeness (QED) is 0.335. The van der Waals surface area contributed by atoms with Gasteiger partial charge in [-0.15, -0.1) is 0 Å². The van der Waals surface area contributed by atoms with Crippen molar-refractivity contribution in [3.8, 4) is 5.88 Å². The summed E-state index contributed by atoms with van der Waals surface area (Å²) in [7, 11) is 1.68. The third kappa shape index (κ3) is 5.64. The van der Waals surface area contributed by atoms with Gasteiger partial charge in [-0.25, -0.2) is 0 Å². The number of likely N-dealkylation sites (tertiary alicyclic amines) is 1. The van der Waals surface area contributed by atoms with Crippen LogP contribution in [0.3, 0.4) is 0 Å². The summed E-state index contributed by atoms with van der Waals surface area (Å²) in [5.41, 5.74) is 4.49. The summed E-state index contributed by atoms with van der Waals surface area (Å²) in [5.74, 6) is 0.450. The minimum absolute atomic E-state index is 0.0321. The van der Waals surface area contributed by atoms with Crippen LogP contribution in [0, 0.1) is 11.3 Å². The predicted octanol–water partition coefficient (Wildman–Crippen LogP) is 6.11. The topological polar surface area (TPSA) is 89.0 Å². The van der Waals surface area contributed by atoms with E-state index in [0.29, 0.717) is 30.7 Å². The molecule has 6 rings (SSSR count). The van der Waals surface area contributed by atoms with Gasteiger partial charge in [0.15, 0.2) is 0 Å². The molecule has 1 N–H and O–H groups in total. The number of carboxylic acid groups (broad SMARTS) is 1. The van der Waals surface area contributed by atoms with E-state index in [1.165, 1.54) is 30.4 Å². The second-order valence-corrected chi connectivity index (χ2v) is 16.3. The zero-order chi connectivity index (χ0) is 29.6. The number of amides is 1. The molecule has 0 bridgehead atoms. The summed E-state index contributed by atoms with van der Waals surface area (Å²) >= 11 is -0.420. The van der Waals surface area contributed by atoms with Gasteiger partial charge in [-0.1, -0.05) is 0 Å². The number of hydrogen-bond donors (Lipinski definition) is 1. The van der Waals surface area contributed by atoms with Gasteiger partial charge in [0.2, 0.25) is 0 Å². The number of rotatable bonds is 9. The average Bonchev–Trinajstić information content (AvgIpc) is 3.50. The van der Waals surface area contributed by atoms with Crippen LogP contribution in [-0.4, -0.2) is 68.5 Å². The second-order valence-electron chi connectivity index (χ2n) is 13.7. The van der Waals surface area contributed by atoms with Crippen LogP contribution >= 0.6 is 0 Å². The molecule has 1 radical (unpaired) electrons. The Morgan fingerprint density at radius 2 is 1.81 bits per heavy atom. The third-order valence-electron chi connectivity index (χ3n) is 9.86. The molecule has 5 atom stereocenters. The maximum atomic E-state index is 14.3. The fourth-order valence-corrected chi connectivity index (χ4v) is 11.6. The van der Waals surface area contributed by atoms with Crippen molar-refractivity contribution in [2.45, 2.75) is 106 Å². The van der Waals surface area contributed by atoms with E-state index in [4.69, 9.17) is 14.5 Å². The van der Waals surface area contributed by atoms with Crippen LogP contribution in [0.15, 0.2) is 36.5 Å². The Morgan fingerprint density at radius 1 is 1.07 bits per heavy atom. The molecule has 1 aromatic carbocycles. The van der Waals surface area contributed by atoms with E-state index in [2.05, 4.69) is 51.1 Å². The fraction of sp³-hybridized carbons (Fsp3) is 0.618. The van der Waals surface area contributed by atoms with Gasteiger partial charge >= 0.3 is 257 Å². The van der Waals surface area contributed by atoms with Gasteiger partial charge in [-0.2, -0.15) is 0 Å². The Kier molecular flexibility index (Phi) is 8.45. The standard InChI is InChI=1S/C34H44AsN2O5/c1-34(2,3)27-28(35-18-22-17-23(20-9-7-10-20)19-36-31(22)41-4)29(25-12-6-5-11-24(25)21-14-15-21)37(30(27)33(39)40)32(38)26-13-8-16-42-26/h5-6,11-12,17,19-21,26-30H,7-10,13-16,18H2,1-4H3,(H,39,40)/t26-,27+,28-,29-,30-/m0/s1. The van der Waals surface area contributed by atoms with Crippen LogP contribution in [0.4, 0.5) is 0 Å². The van der Waals surface area contributed by atoms with Crippen LogP contribution in [0.1, 0.15) is 106 Å². The Labute approximate surface area is 256 Å². The van der Waals surface area contributed by atoms with Crippen molar-refractivity contribution in [3.63, 3.8) is 0 Å². The van der Waals surface area contributed by atoms with Gasteiger partial charge in [0.25, 0.3) is 0 Å². The summed E-state index contributed by atoms with van der Waals surface area (Å²) in [6, 6.07) is 9.58. The van der Waals surface area contributed by atoms with Gasteiger partial charge in [0.05, 0.1) is 0 Å². The zero-order valence-corrected chi connectivity index (χ0v) is 27.2. The van der Waals surface area contributed by atoms with Gasteiger partial charge in [0, 0.05) is 0 Å². The predicted molar refractivity (Wildman–Crippen MR) is 162 cm³/mol. The van der Waals surface area contributed by atoms with Crippen molar-refractivity contribution in [2.75, 3.05) is 13.7 Å². The summed E-state index contributed by atoms with van der Waals surface area (Å²) in [6.07, 6.45) is 8.83. The Balaban J connectivity index is 1.44. The first-order chi connectivity index (χ1) is 20.2. The Hall–Kier alpha value is -2.37. The van der Waals surface area contributed by atoms with Crippen molar-refractivity contribution >= 4 is 27.6 Å². The molecule has 2 aliphatic heterocycles. The Bertz CT molecular complexity index is 1310. The first-order valence-corrected chi connectivity index (χ1v) is 18.0. The number of nitrogens with zero attached hydrogens (tertiary/aromatic N) is 2. The minimum atomic E-state index is -0.912. The molecule has 225 valence electrons. The SMILES string of the molecule is COc1ncc(C2CCC2)cc1C[As][C@H]1[C@@H](C(C)(C)C)[C@@H](C(=O)O)N(C(=O)[C@@H]2CCCO2)[C@H]1c1ccccc1C1CC1. The summed E-state index contributed by atoms with van der Waals surface area (Å²) in [4.78, 5) is 34.0. The number of benzene rings is 1. The number of carbonyl (C=O) groups excluding carboxylic acids is 1. The van der Waals surface area contributed by atoms with Gasteiger partial charge in [-0.3, -0.25) is 0 Å². The molecule has 3 heterocycles. The number of ether oxygens (including phenoxy) is 2. The van der Waals surface area contributed by atoms with Gasteiger partial charge < -0.3 is 0 Å². The van der Waals surface area contributed by atoms with E-state index >= 15 is 0 Å². The van der Waals surface area contributed by atoms with Crippen LogP contribution < -0.4 is 4.74 Å². The van der Waals surface area contributed by atoms with E-state index in [1.807, 2.05) is 6.20 Å². The van der Waals surface area contributed by atoms with Crippen molar-refractivity contribution in [1.82, 2.24) is 9.88 Å². The van der Waals surface area contributed by atoms with E-state index < -0.39 is 33.9 Å². The molecule has 2 aliphatic carbocycles. The maximum absolute atomic E-state index is 14.3. The molecule has 1 amide bonds. The van der Waals surface area contributed by atoms with Gasteiger partial charge in [-0.05, 0) is 0 Å². The molecule has 0 unspecified atom stereocenters. The average molecular weight is 636 g/mol. The van der Waals surface area contributed by atoms with E-state index in [9.17, 15) is 14.7 Å². The van der Waals surface area contributed by atoms with Crippen LogP contribution in [-0.2, 0) is 19.5 Å². The molecule has 4 fully saturated rings. The number of aliphatic carboxylic acids is 1. The number of pyridine rings is 1. The summed E-state index contributed by atoms with van der Waals surface area (Å²) < 4.78 is 11.7. The van der Waals surface area contributed by atoms with E-state index in [-0.39, 0.29) is 28.0 Å². The molecule has 2 aromatic rings. The number of aromatic nitrogens is 1. The van der Waals surface area contributed by atoms with Crippen molar-refractivity contribution < 1.29 is 24.2 Å². The molecule has 2 saturated heterocycles. The van der Waals surface area contributed by atoms with Crippen LogP contribution in [0.2, 0.25) is 4.71 Å². The summed E-state index contributed by atoms with van der Waals surface area (Å²) in [6.45, 7) is 6.98. The molecule has 2 saturated carbocycles. The molecule has 1 aromatic heterocycles. The monoisotopic (exact) mass is 635 g/mol. The normalized spacial score (nSPS) is 28.4. The molecular formula is C34H44AsN2O5. The molecule has 4 aliphatic rings. The van der Waals surface area contributed by atoms with Gasteiger partial charge in [0.1, 0.15) is 0 Å². The second kappa shape index (κ2) is 12.0. The molecule has 0 spiro atoms. The summed E-state index contributed by atoms with van der Waals surface area (Å²) in [5, 5.41) is 11.6. The van der Waals surface area contributed by atoms with E-state index in [0.717, 1.165) is 35.6 Å². The third-order valence-corrected chi connectivity index (χ3v) is 13.1. The molecule has 7 nitrogen and oxygen atoms in total. The van der Waals surface area contributed by atoms with Crippen LogP contribution in [0.5, 0.6) is 5.88 Å². The van der Waals surface area contributed by atoms with E-state index in [1.54, 1.807) is 12.0 Å². The zero-order valence-electron chi connectivity index (χ0n) is 25.3. The number of carbonyl (C=O) groups is 2. The van der Waals surface area contributed by atoms with Crippen molar-refractivity contribution in [3.05, 3.63) is 58.8 Å². The number of hydrogen-bond acceptors (Lipinski definition) is 5. The number of carboxylic acids is 1. The molecule has 42 heavy (non-hydrogen) atoms. The number of methoxy groups -OCH3 is 1. The first-order valence-electron chi connectivity index (χ1n) is 15.6. The molecular weight excluding hydrogens is 591 g/mol.